The van der Waals surface area contributed by atoms with E-state index in [1.54, 1.807) is 7.05 Å². The number of hydrogen-bond acceptors (Lipinski definition) is 2. The van der Waals surface area contributed by atoms with E-state index in [2.05, 4.69) is 52.1 Å². The Bertz CT molecular complexity index is 755. The van der Waals surface area contributed by atoms with Crippen LogP contribution in [0, 0.1) is 6.92 Å². The van der Waals surface area contributed by atoms with Crippen LogP contribution in [0.5, 0.6) is 0 Å². The van der Waals surface area contributed by atoms with Gasteiger partial charge in [0.2, 0.25) is 0 Å². The molecule has 0 heterocycles. The summed E-state index contributed by atoms with van der Waals surface area (Å²) in [5.41, 5.74) is 4.17. The van der Waals surface area contributed by atoms with Gasteiger partial charge in [0.1, 0.15) is 0 Å². The Hall–Kier alpha value is -2.82. The minimum absolute atomic E-state index is 0.0318. The molecular weight excluding hydrogens is 324 g/mol. The van der Waals surface area contributed by atoms with Crippen LogP contribution in [0.2, 0.25) is 0 Å². The molecule has 0 aliphatic rings. The van der Waals surface area contributed by atoms with Crippen molar-refractivity contribution in [3.63, 3.8) is 0 Å². The second kappa shape index (κ2) is 10.2. The van der Waals surface area contributed by atoms with Gasteiger partial charge in [0.25, 0.3) is 5.91 Å². The molecule has 2 aromatic rings. The van der Waals surface area contributed by atoms with Gasteiger partial charge in [0.05, 0.1) is 0 Å². The Morgan fingerprint density at radius 1 is 0.962 bits per heavy atom. The number of aliphatic imine (C=N–C) groups is 1. The number of rotatable bonds is 7. The van der Waals surface area contributed by atoms with Gasteiger partial charge in [0.15, 0.2) is 5.96 Å². The van der Waals surface area contributed by atoms with Gasteiger partial charge in [0, 0.05) is 32.2 Å². The number of aryl methyl sites for hydroxylation is 1. The molecule has 0 saturated heterocycles. The lowest BCUT2D eigenvalue weighted by Gasteiger charge is -2.13. The number of amides is 1. The normalized spacial score (nSPS) is 11.1. The number of nitrogens with one attached hydrogen (secondary N) is 3. The van der Waals surface area contributed by atoms with Gasteiger partial charge < -0.3 is 16.0 Å². The van der Waals surface area contributed by atoms with Crippen LogP contribution in [0.25, 0.3) is 0 Å². The summed E-state index contributed by atoms with van der Waals surface area (Å²) in [6.45, 7) is 6.12. The minimum Gasteiger partial charge on any atom is -0.352 e. The van der Waals surface area contributed by atoms with Crippen molar-refractivity contribution in [2.75, 3.05) is 13.6 Å². The molecule has 0 bridgehead atoms. The highest BCUT2D eigenvalue weighted by atomic mass is 16.1. The van der Waals surface area contributed by atoms with Crippen LogP contribution in [0.1, 0.15) is 40.4 Å². The van der Waals surface area contributed by atoms with Crippen molar-refractivity contribution in [1.29, 1.82) is 0 Å². The minimum atomic E-state index is -0.0318. The van der Waals surface area contributed by atoms with E-state index in [0.717, 1.165) is 17.9 Å². The fourth-order valence-corrected chi connectivity index (χ4v) is 2.58. The number of hydrogen-bond donors (Lipinski definition) is 3. The van der Waals surface area contributed by atoms with Crippen molar-refractivity contribution in [2.45, 2.75) is 33.4 Å². The molecule has 0 aliphatic carbocycles. The predicted molar refractivity (Wildman–Crippen MR) is 107 cm³/mol. The first-order chi connectivity index (χ1) is 12.6. The van der Waals surface area contributed by atoms with Gasteiger partial charge in [-0.15, -0.1) is 0 Å². The van der Waals surface area contributed by atoms with Gasteiger partial charge in [-0.1, -0.05) is 48.9 Å². The maximum Gasteiger partial charge on any atom is 0.251 e. The molecule has 5 nitrogen and oxygen atoms in total. The number of guanidine groups is 1. The second-order valence-electron chi connectivity index (χ2n) is 6.22. The molecule has 0 saturated carbocycles. The van der Waals surface area contributed by atoms with Crippen LogP contribution in [0.15, 0.2) is 53.5 Å². The third-order valence-electron chi connectivity index (χ3n) is 3.95. The highest BCUT2D eigenvalue weighted by molar-refractivity contribution is 5.94. The number of carbonyl (C=O) groups is 1. The Morgan fingerprint density at radius 3 is 2.23 bits per heavy atom. The predicted octanol–water partition coefficient (Wildman–Crippen LogP) is 3.00. The zero-order valence-electron chi connectivity index (χ0n) is 15.8. The summed E-state index contributed by atoms with van der Waals surface area (Å²) in [6.07, 6.45) is 0.927. The molecule has 5 heteroatoms. The number of carbonyl (C=O) groups excluding carboxylic acids is 1. The van der Waals surface area contributed by atoms with Crippen LogP contribution in [-0.2, 0) is 13.1 Å². The number of benzene rings is 2. The fourth-order valence-electron chi connectivity index (χ4n) is 2.58. The summed E-state index contributed by atoms with van der Waals surface area (Å²) < 4.78 is 0. The maximum absolute atomic E-state index is 12.1. The van der Waals surface area contributed by atoms with Gasteiger partial charge in [-0.3, -0.25) is 9.79 Å². The zero-order chi connectivity index (χ0) is 18.8. The molecule has 0 aromatic heterocycles. The maximum atomic E-state index is 12.1. The van der Waals surface area contributed by atoms with E-state index < -0.39 is 0 Å². The third-order valence-corrected chi connectivity index (χ3v) is 3.95. The molecule has 0 fully saturated rings. The smallest absolute Gasteiger partial charge is 0.251 e. The lowest BCUT2D eigenvalue weighted by molar-refractivity contribution is 0.0953. The average molecular weight is 352 g/mol. The van der Waals surface area contributed by atoms with Crippen LogP contribution in [0.3, 0.4) is 0 Å². The van der Waals surface area contributed by atoms with E-state index in [4.69, 9.17) is 0 Å². The molecule has 1 amide bonds. The first-order valence-electron chi connectivity index (χ1n) is 8.99. The van der Waals surface area contributed by atoms with E-state index in [1.165, 1.54) is 11.1 Å². The molecular formula is C21H28N4O. The van der Waals surface area contributed by atoms with E-state index in [1.807, 2.05) is 31.2 Å². The molecule has 2 rings (SSSR count). The van der Waals surface area contributed by atoms with E-state index in [-0.39, 0.29) is 5.91 Å². The Labute approximate surface area is 155 Å². The van der Waals surface area contributed by atoms with Crippen molar-refractivity contribution in [3.8, 4) is 0 Å². The second-order valence-corrected chi connectivity index (χ2v) is 6.22. The summed E-state index contributed by atoms with van der Waals surface area (Å²) in [6, 6.07) is 16.0. The first kappa shape index (κ1) is 19.5. The summed E-state index contributed by atoms with van der Waals surface area (Å²) >= 11 is 0. The quantitative estimate of drug-likeness (QED) is 0.530. The lowest BCUT2D eigenvalue weighted by Crippen LogP contribution is -2.36. The summed E-state index contributed by atoms with van der Waals surface area (Å²) in [4.78, 5) is 16.3. The van der Waals surface area contributed by atoms with Gasteiger partial charge in [-0.2, -0.15) is 0 Å². The average Bonchev–Trinajstić information content (AvgIpc) is 2.66. The molecule has 0 radical (unpaired) electrons. The Balaban J connectivity index is 1.89. The van der Waals surface area contributed by atoms with Crippen molar-refractivity contribution in [1.82, 2.24) is 16.0 Å². The van der Waals surface area contributed by atoms with Crippen LogP contribution >= 0.6 is 0 Å². The fraction of sp³-hybridized carbons (Fsp3) is 0.333. The molecule has 3 N–H and O–H groups in total. The Morgan fingerprint density at radius 2 is 1.62 bits per heavy atom. The highest BCUT2D eigenvalue weighted by Gasteiger charge is 2.06. The number of nitrogens with zero attached hydrogens (tertiary/aromatic N) is 1. The molecule has 0 unspecified atom stereocenters. The van der Waals surface area contributed by atoms with Crippen LogP contribution in [0.4, 0.5) is 0 Å². The van der Waals surface area contributed by atoms with Crippen LogP contribution in [-0.4, -0.2) is 25.5 Å². The standard InChI is InChI=1S/C21H28N4O/c1-4-11-23-20(26)19-10-6-9-18(13-19)15-25-21(22-3)24-14-17-8-5-7-16(2)12-17/h5-10,12-13H,4,11,14-15H2,1-3H3,(H,23,26)(H2,22,24,25). The lowest BCUT2D eigenvalue weighted by atomic mass is 10.1. The summed E-state index contributed by atoms with van der Waals surface area (Å²) in [5.74, 6) is 0.697. The molecule has 0 spiro atoms. The summed E-state index contributed by atoms with van der Waals surface area (Å²) in [5, 5.41) is 9.49. The highest BCUT2D eigenvalue weighted by Crippen LogP contribution is 2.06. The van der Waals surface area contributed by atoms with E-state index in [9.17, 15) is 4.79 Å². The molecule has 138 valence electrons. The Kier molecular flexibility index (Phi) is 7.68. The molecule has 0 atom stereocenters. The van der Waals surface area contributed by atoms with E-state index >= 15 is 0 Å². The topological polar surface area (TPSA) is 65.5 Å². The van der Waals surface area contributed by atoms with Crippen molar-refractivity contribution >= 4 is 11.9 Å². The monoisotopic (exact) mass is 352 g/mol. The van der Waals surface area contributed by atoms with E-state index in [0.29, 0.717) is 25.2 Å². The van der Waals surface area contributed by atoms with Crippen LogP contribution < -0.4 is 16.0 Å². The molecule has 2 aromatic carbocycles. The van der Waals surface area contributed by atoms with Gasteiger partial charge >= 0.3 is 0 Å². The SMILES string of the molecule is CCCNC(=O)c1cccc(CNC(=NC)NCc2cccc(C)c2)c1. The van der Waals surface area contributed by atoms with Crippen molar-refractivity contribution < 1.29 is 4.79 Å². The third kappa shape index (κ3) is 6.24. The largest absolute Gasteiger partial charge is 0.352 e. The van der Waals surface area contributed by atoms with Gasteiger partial charge in [-0.25, -0.2) is 0 Å². The molecule has 0 aliphatic heterocycles. The van der Waals surface area contributed by atoms with Gasteiger partial charge in [-0.05, 0) is 36.6 Å². The summed E-state index contributed by atoms with van der Waals surface area (Å²) in [7, 11) is 1.75. The van der Waals surface area contributed by atoms with Crippen molar-refractivity contribution in [3.05, 3.63) is 70.8 Å². The molecule has 26 heavy (non-hydrogen) atoms. The zero-order valence-corrected chi connectivity index (χ0v) is 15.8. The first-order valence-corrected chi connectivity index (χ1v) is 8.99. The van der Waals surface area contributed by atoms with Crippen molar-refractivity contribution in [2.24, 2.45) is 4.99 Å².